The third kappa shape index (κ3) is 4.59. The molecule has 0 bridgehead atoms. The first-order valence-electron chi connectivity index (χ1n) is 5.84. The number of ether oxygens (including phenoxy) is 1. The van der Waals surface area contributed by atoms with Gasteiger partial charge in [-0.15, -0.1) is 0 Å². The van der Waals surface area contributed by atoms with Crippen molar-refractivity contribution in [3.63, 3.8) is 0 Å². The lowest BCUT2D eigenvalue weighted by atomic mass is 10.2. The van der Waals surface area contributed by atoms with E-state index >= 15 is 0 Å². The van der Waals surface area contributed by atoms with Crippen molar-refractivity contribution in [2.75, 3.05) is 32.1 Å². The van der Waals surface area contributed by atoms with Crippen LogP contribution in [0.4, 0.5) is 10.5 Å². The third-order valence-corrected chi connectivity index (χ3v) is 2.47. The largest absolute Gasteiger partial charge is 0.480 e. The van der Waals surface area contributed by atoms with Gasteiger partial charge in [0.25, 0.3) is 0 Å². The number of anilines is 1. The summed E-state index contributed by atoms with van der Waals surface area (Å²) in [5.41, 5.74) is 0.649. The Morgan fingerprint density at radius 3 is 2.75 bits per heavy atom. The topological polar surface area (TPSA) is 103 Å². The number of carboxylic acid groups (broad SMARTS) is 1. The molecular weight excluding hydrogens is 262 g/mol. The molecule has 0 unspecified atom stereocenters. The molecule has 20 heavy (non-hydrogen) atoms. The number of hydrogen-bond donors (Lipinski definition) is 2. The normalized spacial score (nSPS) is 9.60. The lowest BCUT2D eigenvalue weighted by molar-refractivity contribution is -0.137. The van der Waals surface area contributed by atoms with Crippen molar-refractivity contribution in [1.82, 2.24) is 4.90 Å². The van der Waals surface area contributed by atoms with Crippen LogP contribution in [0, 0.1) is 11.3 Å². The number of nitrogens with zero attached hydrogens (tertiary/aromatic N) is 2. The van der Waals surface area contributed by atoms with Crippen molar-refractivity contribution in [3.8, 4) is 6.07 Å². The zero-order valence-corrected chi connectivity index (χ0v) is 11.0. The van der Waals surface area contributed by atoms with E-state index in [2.05, 4.69) is 5.32 Å². The van der Waals surface area contributed by atoms with Gasteiger partial charge in [-0.1, -0.05) is 12.1 Å². The van der Waals surface area contributed by atoms with Crippen LogP contribution in [0.5, 0.6) is 0 Å². The number of rotatable bonds is 6. The Morgan fingerprint density at radius 1 is 1.45 bits per heavy atom. The average molecular weight is 277 g/mol. The zero-order valence-electron chi connectivity index (χ0n) is 11.0. The number of methoxy groups -OCH3 is 1. The van der Waals surface area contributed by atoms with Crippen LogP contribution in [0.25, 0.3) is 0 Å². The number of hydrogen-bond acceptors (Lipinski definition) is 4. The minimum atomic E-state index is -1.12. The molecule has 0 spiro atoms. The van der Waals surface area contributed by atoms with E-state index in [1.54, 1.807) is 24.3 Å². The molecule has 0 aliphatic rings. The molecule has 106 valence electrons. The summed E-state index contributed by atoms with van der Waals surface area (Å²) in [6.07, 6.45) is 0. The molecule has 1 rings (SSSR count). The monoisotopic (exact) mass is 277 g/mol. The fraction of sp³-hybridized carbons (Fsp3) is 0.308. The molecule has 0 radical (unpaired) electrons. The minimum absolute atomic E-state index is 0.142. The molecule has 0 heterocycles. The number of urea groups is 1. The fourth-order valence-corrected chi connectivity index (χ4v) is 1.50. The molecule has 0 aromatic heterocycles. The number of carboxylic acids is 1. The highest BCUT2D eigenvalue weighted by atomic mass is 16.5. The van der Waals surface area contributed by atoms with E-state index in [-0.39, 0.29) is 13.2 Å². The highest BCUT2D eigenvalue weighted by molar-refractivity contribution is 5.92. The molecule has 0 saturated heterocycles. The van der Waals surface area contributed by atoms with Crippen LogP contribution in [0.1, 0.15) is 5.56 Å². The summed E-state index contributed by atoms with van der Waals surface area (Å²) in [4.78, 5) is 23.8. The fourth-order valence-electron chi connectivity index (χ4n) is 1.50. The molecule has 1 aromatic rings. The van der Waals surface area contributed by atoms with Gasteiger partial charge in [-0.3, -0.25) is 4.79 Å². The number of aliphatic carboxylic acids is 1. The van der Waals surface area contributed by atoms with E-state index in [4.69, 9.17) is 15.1 Å². The van der Waals surface area contributed by atoms with Gasteiger partial charge in [-0.05, 0) is 12.1 Å². The maximum absolute atomic E-state index is 12.0. The second-order valence-electron chi connectivity index (χ2n) is 3.90. The summed E-state index contributed by atoms with van der Waals surface area (Å²) in [5, 5.41) is 20.2. The molecule has 0 aliphatic carbocycles. The lowest BCUT2D eigenvalue weighted by Gasteiger charge is -2.21. The number of nitriles is 1. The van der Waals surface area contributed by atoms with Gasteiger partial charge in [-0.25, -0.2) is 4.79 Å². The Morgan fingerprint density at radius 2 is 2.15 bits per heavy atom. The lowest BCUT2D eigenvalue weighted by Crippen LogP contribution is -2.40. The summed E-state index contributed by atoms with van der Waals surface area (Å²) in [7, 11) is 1.46. The van der Waals surface area contributed by atoms with E-state index in [1.807, 2.05) is 6.07 Å². The summed E-state index contributed by atoms with van der Waals surface area (Å²) >= 11 is 0. The van der Waals surface area contributed by atoms with Crippen LogP contribution in [-0.4, -0.2) is 48.8 Å². The maximum Gasteiger partial charge on any atom is 0.323 e. The predicted octanol–water partition coefficient (Wildman–Crippen LogP) is 1.12. The number of para-hydroxylation sites is 1. The summed E-state index contributed by atoms with van der Waals surface area (Å²) in [6.45, 7) is -0.0755. The van der Waals surface area contributed by atoms with Crippen molar-refractivity contribution in [1.29, 1.82) is 5.26 Å². The Balaban J connectivity index is 2.79. The van der Waals surface area contributed by atoms with Gasteiger partial charge in [0.1, 0.15) is 12.6 Å². The molecule has 0 saturated carbocycles. The summed E-state index contributed by atoms with van der Waals surface area (Å²) in [6, 6.07) is 7.84. The van der Waals surface area contributed by atoms with Gasteiger partial charge < -0.3 is 20.1 Å². The smallest absolute Gasteiger partial charge is 0.323 e. The molecule has 7 nitrogen and oxygen atoms in total. The number of nitrogens with one attached hydrogen (secondary N) is 1. The standard InChI is InChI=1S/C13H15N3O4/c1-20-7-6-16(9-12(17)18)13(19)15-11-5-3-2-4-10(11)8-14/h2-5H,6-7,9H2,1H3,(H,15,19)(H,17,18). The Labute approximate surface area is 116 Å². The van der Waals surface area contributed by atoms with Gasteiger partial charge in [-0.2, -0.15) is 5.26 Å². The first-order valence-corrected chi connectivity index (χ1v) is 5.84. The number of amides is 2. The van der Waals surface area contributed by atoms with Crippen molar-refractivity contribution < 1.29 is 19.4 Å². The van der Waals surface area contributed by atoms with Crippen molar-refractivity contribution >= 4 is 17.7 Å². The van der Waals surface area contributed by atoms with E-state index in [9.17, 15) is 9.59 Å². The Bertz CT molecular complexity index is 525. The highest BCUT2D eigenvalue weighted by Crippen LogP contribution is 2.14. The van der Waals surface area contributed by atoms with E-state index in [0.717, 1.165) is 4.90 Å². The molecular formula is C13H15N3O4. The van der Waals surface area contributed by atoms with Crippen LogP contribution in [0.3, 0.4) is 0 Å². The molecule has 0 fully saturated rings. The van der Waals surface area contributed by atoms with Gasteiger partial charge in [0.05, 0.1) is 17.9 Å². The Hall–Kier alpha value is -2.59. The SMILES string of the molecule is COCCN(CC(=O)O)C(=O)Nc1ccccc1C#N. The first kappa shape index (κ1) is 15.5. The van der Waals surface area contributed by atoms with Gasteiger partial charge in [0.15, 0.2) is 0 Å². The summed E-state index contributed by atoms with van der Waals surface area (Å²) in [5.74, 6) is -1.12. The van der Waals surface area contributed by atoms with Crippen LogP contribution < -0.4 is 5.32 Å². The molecule has 7 heteroatoms. The molecule has 0 aliphatic heterocycles. The number of carbonyl (C=O) groups is 2. The maximum atomic E-state index is 12.0. The predicted molar refractivity (Wildman–Crippen MR) is 71.3 cm³/mol. The van der Waals surface area contributed by atoms with Gasteiger partial charge in [0, 0.05) is 13.7 Å². The van der Waals surface area contributed by atoms with E-state index < -0.39 is 18.5 Å². The average Bonchev–Trinajstić information content (AvgIpc) is 2.43. The number of benzene rings is 1. The second-order valence-corrected chi connectivity index (χ2v) is 3.90. The van der Waals surface area contributed by atoms with Crippen molar-refractivity contribution in [2.45, 2.75) is 0 Å². The summed E-state index contributed by atoms with van der Waals surface area (Å²) < 4.78 is 4.83. The molecule has 1 aromatic carbocycles. The molecule has 2 N–H and O–H groups in total. The highest BCUT2D eigenvalue weighted by Gasteiger charge is 2.17. The minimum Gasteiger partial charge on any atom is -0.480 e. The van der Waals surface area contributed by atoms with Crippen molar-refractivity contribution in [2.24, 2.45) is 0 Å². The molecule has 0 atom stereocenters. The van der Waals surface area contributed by atoms with Crippen LogP contribution in [0.2, 0.25) is 0 Å². The third-order valence-electron chi connectivity index (χ3n) is 2.47. The van der Waals surface area contributed by atoms with E-state index in [1.165, 1.54) is 7.11 Å². The van der Waals surface area contributed by atoms with Gasteiger partial charge in [0.2, 0.25) is 0 Å². The van der Waals surface area contributed by atoms with Gasteiger partial charge >= 0.3 is 12.0 Å². The van der Waals surface area contributed by atoms with Crippen LogP contribution >= 0.6 is 0 Å². The van der Waals surface area contributed by atoms with Crippen LogP contribution in [-0.2, 0) is 9.53 Å². The van der Waals surface area contributed by atoms with Crippen molar-refractivity contribution in [3.05, 3.63) is 29.8 Å². The van der Waals surface area contributed by atoms with Crippen LogP contribution in [0.15, 0.2) is 24.3 Å². The zero-order chi connectivity index (χ0) is 15.0. The second kappa shape index (κ2) is 7.76. The number of carbonyl (C=O) groups excluding carboxylic acids is 1. The first-order chi connectivity index (χ1) is 9.58. The Kier molecular flexibility index (Phi) is 6.00. The van der Waals surface area contributed by atoms with E-state index in [0.29, 0.717) is 11.3 Å². The quantitative estimate of drug-likeness (QED) is 0.811. The molecule has 2 amide bonds.